The molecule has 0 radical (unpaired) electrons. The van der Waals surface area contributed by atoms with Gasteiger partial charge in [0.05, 0.1) is 23.1 Å². The Bertz CT molecular complexity index is 557. The summed E-state index contributed by atoms with van der Waals surface area (Å²) in [5, 5.41) is 11.6. The molecular formula is C13H18N4O. The smallest absolute Gasteiger partial charge is 0.0672 e. The lowest BCUT2D eigenvalue weighted by Crippen LogP contribution is -2.40. The summed E-state index contributed by atoms with van der Waals surface area (Å²) in [6, 6.07) is 3.97. The van der Waals surface area contributed by atoms with Gasteiger partial charge in [-0.15, -0.1) is 0 Å². The second-order valence-corrected chi connectivity index (χ2v) is 5.19. The number of aromatic nitrogens is 2. The Morgan fingerprint density at radius 1 is 1.39 bits per heavy atom. The molecule has 0 saturated carbocycles. The van der Waals surface area contributed by atoms with E-state index in [9.17, 15) is 0 Å². The molecule has 96 valence electrons. The number of ether oxygens (including phenoxy) is 1. The van der Waals surface area contributed by atoms with Gasteiger partial charge in [0.25, 0.3) is 0 Å². The number of fused-ring (bicyclic) bond motifs is 1. The zero-order valence-electron chi connectivity index (χ0n) is 10.5. The van der Waals surface area contributed by atoms with Crippen LogP contribution < -0.4 is 11.1 Å². The first-order valence-electron chi connectivity index (χ1n) is 6.25. The second kappa shape index (κ2) is 4.17. The number of anilines is 2. The third-order valence-corrected chi connectivity index (χ3v) is 3.64. The van der Waals surface area contributed by atoms with Crippen molar-refractivity contribution in [2.75, 3.05) is 24.3 Å². The fourth-order valence-corrected chi connectivity index (χ4v) is 2.39. The fourth-order valence-electron chi connectivity index (χ4n) is 2.39. The molecule has 1 aliphatic rings. The molecule has 1 fully saturated rings. The van der Waals surface area contributed by atoms with Crippen LogP contribution in [-0.4, -0.2) is 29.0 Å². The van der Waals surface area contributed by atoms with Crippen molar-refractivity contribution in [1.82, 2.24) is 10.2 Å². The van der Waals surface area contributed by atoms with E-state index in [2.05, 4.69) is 22.4 Å². The Morgan fingerprint density at radius 2 is 2.17 bits per heavy atom. The highest BCUT2D eigenvalue weighted by Crippen LogP contribution is 2.31. The molecule has 1 aromatic heterocycles. The summed E-state index contributed by atoms with van der Waals surface area (Å²) in [7, 11) is 0. The van der Waals surface area contributed by atoms with Crippen molar-refractivity contribution in [3.8, 4) is 0 Å². The first-order chi connectivity index (χ1) is 8.66. The van der Waals surface area contributed by atoms with Gasteiger partial charge in [-0.05, 0) is 31.9 Å². The SMILES string of the molecule is CC1(Nc2cc3[nH]ncc3cc2N)CCOCC1. The summed E-state index contributed by atoms with van der Waals surface area (Å²) >= 11 is 0. The minimum Gasteiger partial charge on any atom is -0.397 e. The third kappa shape index (κ3) is 2.01. The molecule has 5 nitrogen and oxygen atoms in total. The molecule has 0 bridgehead atoms. The van der Waals surface area contributed by atoms with Gasteiger partial charge in [0, 0.05) is 24.1 Å². The van der Waals surface area contributed by atoms with Crippen molar-refractivity contribution in [3.05, 3.63) is 18.3 Å². The van der Waals surface area contributed by atoms with Crippen LogP contribution in [0.15, 0.2) is 18.3 Å². The van der Waals surface area contributed by atoms with Crippen LogP contribution in [0.3, 0.4) is 0 Å². The van der Waals surface area contributed by atoms with Crippen molar-refractivity contribution in [3.63, 3.8) is 0 Å². The molecule has 0 spiro atoms. The van der Waals surface area contributed by atoms with Crippen molar-refractivity contribution >= 4 is 22.3 Å². The summed E-state index contributed by atoms with van der Waals surface area (Å²) < 4.78 is 5.40. The maximum Gasteiger partial charge on any atom is 0.0672 e. The second-order valence-electron chi connectivity index (χ2n) is 5.19. The molecule has 5 heteroatoms. The molecule has 1 saturated heterocycles. The van der Waals surface area contributed by atoms with E-state index in [1.807, 2.05) is 12.1 Å². The van der Waals surface area contributed by atoms with E-state index in [1.165, 1.54) is 0 Å². The number of hydrogen-bond acceptors (Lipinski definition) is 4. The molecule has 0 amide bonds. The number of benzene rings is 1. The summed E-state index contributed by atoms with van der Waals surface area (Å²) in [4.78, 5) is 0. The van der Waals surface area contributed by atoms with Crippen molar-refractivity contribution in [1.29, 1.82) is 0 Å². The van der Waals surface area contributed by atoms with Gasteiger partial charge in [-0.3, -0.25) is 5.10 Å². The van der Waals surface area contributed by atoms with Gasteiger partial charge in [-0.25, -0.2) is 0 Å². The Balaban J connectivity index is 1.91. The minimum atomic E-state index is 0.0556. The highest BCUT2D eigenvalue weighted by molar-refractivity contribution is 5.88. The van der Waals surface area contributed by atoms with E-state index >= 15 is 0 Å². The number of aromatic amines is 1. The molecule has 3 rings (SSSR count). The van der Waals surface area contributed by atoms with Crippen LogP contribution in [0.4, 0.5) is 11.4 Å². The lowest BCUT2D eigenvalue weighted by Gasteiger charge is -2.35. The Kier molecular flexibility index (Phi) is 2.63. The maximum absolute atomic E-state index is 6.09. The zero-order valence-corrected chi connectivity index (χ0v) is 10.5. The normalized spacial score (nSPS) is 18.9. The molecular weight excluding hydrogens is 228 g/mol. The molecule has 0 aliphatic carbocycles. The van der Waals surface area contributed by atoms with Gasteiger partial charge >= 0.3 is 0 Å². The number of hydrogen-bond donors (Lipinski definition) is 3. The van der Waals surface area contributed by atoms with Crippen LogP contribution in [0.1, 0.15) is 19.8 Å². The maximum atomic E-state index is 6.09. The lowest BCUT2D eigenvalue weighted by atomic mass is 9.92. The van der Waals surface area contributed by atoms with Crippen LogP contribution in [-0.2, 0) is 4.74 Å². The average molecular weight is 246 g/mol. The van der Waals surface area contributed by atoms with Crippen LogP contribution in [0.25, 0.3) is 10.9 Å². The topological polar surface area (TPSA) is 76.0 Å². The summed E-state index contributed by atoms with van der Waals surface area (Å²) in [6.07, 6.45) is 3.77. The molecule has 2 heterocycles. The fraction of sp³-hybridized carbons (Fsp3) is 0.462. The molecule has 4 N–H and O–H groups in total. The van der Waals surface area contributed by atoms with Crippen LogP contribution in [0, 0.1) is 0 Å². The van der Waals surface area contributed by atoms with E-state index in [4.69, 9.17) is 10.5 Å². The van der Waals surface area contributed by atoms with Gasteiger partial charge in [-0.2, -0.15) is 5.10 Å². The predicted octanol–water partition coefficient (Wildman–Crippen LogP) is 2.13. The first-order valence-corrected chi connectivity index (χ1v) is 6.25. The van der Waals surface area contributed by atoms with E-state index in [1.54, 1.807) is 6.20 Å². The molecule has 1 aliphatic heterocycles. The molecule has 0 atom stereocenters. The Labute approximate surface area is 106 Å². The minimum absolute atomic E-state index is 0.0556. The quantitative estimate of drug-likeness (QED) is 0.709. The van der Waals surface area contributed by atoms with E-state index in [0.29, 0.717) is 0 Å². The molecule has 2 aromatic rings. The van der Waals surface area contributed by atoms with E-state index in [0.717, 1.165) is 48.3 Å². The van der Waals surface area contributed by atoms with Gasteiger partial charge in [0.15, 0.2) is 0 Å². The summed E-state index contributed by atoms with van der Waals surface area (Å²) in [6.45, 7) is 3.82. The predicted molar refractivity (Wildman–Crippen MR) is 72.6 cm³/mol. The Hall–Kier alpha value is -1.75. The lowest BCUT2D eigenvalue weighted by molar-refractivity contribution is 0.0658. The number of nitrogens with two attached hydrogens (primary N) is 1. The van der Waals surface area contributed by atoms with Gasteiger partial charge < -0.3 is 15.8 Å². The van der Waals surface area contributed by atoms with Crippen LogP contribution in [0.5, 0.6) is 0 Å². The van der Waals surface area contributed by atoms with Crippen molar-refractivity contribution in [2.45, 2.75) is 25.3 Å². The number of nitrogen functional groups attached to an aromatic ring is 1. The number of nitrogens with zero attached hydrogens (tertiary/aromatic N) is 1. The average Bonchev–Trinajstić information content (AvgIpc) is 2.77. The molecule has 0 unspecified atom stereocenters. The highest BCUT2D eigenvalue weighted by Gasteiger charge is 2.27. The van der Waals surface area contributed by atoms with Crippen molar-refractivity contribution in [2.24, 2.45) is 0 Å². The highest BCUT2D eigenvalue weighted by atomic mass is 16.5. The largest absolute Gasteiger partial charge is 0.397 e. The molecule has 1 aromatic carbocycles. The number of nitrogens with one attached hydrogen (secondary N) is 2. The number of H-pyrrole nitrogens is 1. The monoisotopic (exact) mass is 246 g/mol. The van der Waals surface area contributed by atoms with E-state index in [-0.39, 0.29) is 5.54 Å². The number of rotatable bonds is 2. The summed E-state index contributed by atoms with van der Waals surface area (Å²) in [5.74, 6) is 0. The zero-order chi connectivity index (χ0) is 12.6. The van der Waals surface area contributed by atoms with Crippen LogP contribution in [0.2, 0.25) is 0 Å². The van der Waals surface area contributed by atoms with E-state index < -0.39 is 0 Å². The van der Waals surface area contributed by atoms with Gasteiger partial charge in [-0.1, -0.05) is 0 Å². The third-order valence-electron chi connectivity index (χ3n) is 3.64. The summed E-state index contributed by atoms with van der Waals surface area (Å²) in [5.41, 5.74) is 8.87. The standard InChI is InChI=1S/C13H18N4O/c1-13(2-4-18-5-3-13)16-12-7-11-9(6-10(12)14)8-15-17-11/h6-8,16H,2-5,14H2,1H3,(H,15,17). The first kappa shape index (κ1) is 11.3. The van der Waals surface area contributed by atoms with Crippen LogP contribution >= 0.6 is 0 Å². The van der Waals surface area contributed by atoms with Gasteiger partial charge in [0.1, 0.15) is 0 Å². The van der Waals surface area contributed by atoms with Crippen molar-refractivity contribution < 1.29 is 4.74 Å². The Morgan fingerprint density at radius 3 is 2.94 bits per heavy atom. The molecule has 18 heavy (non-hydrogen) atoms. The van der Waals surface area contributed by atoms with Gasteiger partial charge in [0.2, 0.25) is 0 Å².